The molecule has 0 spiro atoms. The Bertz CT molecular complexity index is 870. The van der Waals surface area contributed by atoms with E-state index in [1.807, 2.05) is 49.0 Å². The molecule has 1 aromatic carbocycles. The van der Waals surface area contributed by atoms with E-state index in [0.717, 1.165) is 28.1 Å². The largest absolute Gasteiger partial charge is 0.481 e. The molecule has 118 valence electrons. The Morgan fingerprint density at radius 1 is 1.35 bits per heavy atom. The normalized spacial score (nSPS) is 10.9. The lowest BCUT2D eigenvalue weighted by Crippen LogP contribution is -2.12. The summed E-state index contributed by atoms with van der Waals surface area (Å²) < 4.78 is 1.93. The summed E-state index contributed by atoms with van der Waals surface area (Å²) in [5.74, 6) is 0.00930. The van der Waals surface area contributed by atoms with Crippen LogP contribution >= 0.6 is 0 Å². The van der Waals surface area contributed by atoms with Crippen LogP contribution in [0, 0.1) is 6.92 Å². The van der Waals surface area contributed by atoms with Crippen molar-refractivity contribution in [1.29, 1.82) is 0 Å². The van der Waals surface area contributed by atoms with Crippen LogP contribution in [0.2, 0.25) is 0 Å². The molecule has 0 aliphatic heterocycles. The number of para-hydroxylation sites is 1. The first-order chi connectivity index (χ1) is 11.1. The number of aliphatic carboxylic acids is 1. The highest BCUT2D eigenvalue weighted by Gasteiger charge is 2.15. The quantitative estimate of drug-likeness (QED) is 0.757. The number of carboxylic acid groups (broad SMARTS) is 1. The van der Waals surface area contributed by atoms with Crippen molar-refractivity contribution in [2.75, 3.05) is 5.32 Å². The SMILES string of the molecule is Cc1nc2ccccc2c(NCc2nccn2C)c1CC(=O)O. The lowest BCUT2D eigenvalue weighted by Gasteiger charge is -2.16. The van der Waals surface area contributed by atoms with Gasteiger partial charge in [0, 0.05) is 41.8 Å². The van der Waals surface area contributed by atoms with Gasteiger partial charge in [-0.2, -0.15) is 0 Å². The molecule has 0 aliphatic carbocycles. The molecule has 0 amide bonds. The number of hydrogen-bond donors (Lipinski definition) is 2. The fraction of sp³-hybridized carbons (Fsp3) is 0.235. The van der Waals surface area contributed by atoms with E-state index in [2.05, 4.69) is 15.3 Å². The minimum absolute atomic E-state index is 0.0629. The van der Waals surface area contributed by atoms with Gasteiger partial charge in [0.05, 0.1) is 18.5 Å². The Labute approximate surface area is 133 Å². The van der Waals surface area contributed by atoms with Crippen molar-refractivity contribution in [3.8, 4) is 0 Å². The van der Waals surface area contributed by atoms with E-state index in [9.17, 15) is 9.90 Å². The van der Waals surface area contributed by atoms with E-state index >= 15 is 0 Å². The van der Waals surface area contributed by atoms with Crippen molar-refractivity contribution in [2.45, 2.75) is 19.9 Å². The van der Waals surface area contributed by atoms with Crippen LogP contribution in [0.15, 0.2) is 36.7 Å². The van der Waals surface area contributed by atoms with E-state index < -0.39 is 5.97 Å². The van der Waals surface area contributed by atoms with E-state index in [-0.39, 0.29) is 6.42 Å². The first-order valence-corrected chi connectivity index (χ1v) is 7.36. The van der Waals surface area contributed by atoms with Gasteiger partial charge < -0.3 is 15.0 Å². The van der Waals surface area contributed by atoms with Crippen molar-refractivity contribution in [3.05, 3.63) is 53.7 Å². The third-order valence-electron chi connectivity index (χ3n) is 3.87. The van der Waals surface area contributed by atoms with Crippen molar-refractivity contribution in [1.82, 2.24) is 14.5 Å². The highest BCUT2D eigenvalue weighted by molar-refractivity contribution is 5.94. The van der Waals surface area contributed by atoms with Crippen molar-refractivity contribution in [3.63, 3.8) is 0 Å². The van der Waals surface area contributed by atoms with Crippen molar-refractivity contribution < 1.29 is 9.90 Å². The number of hydrogen-bond acceptors (Lipinski definition) is 4. The molecule has 2 heterocycles. The van der Waals surface area contributed by atoms with Crippen molar-refractivity contribution in [2.24, 2.45) is 7.05 Å². The molecule has 2 N–H and O–H groups in total. The summed E-state index contributed by atoms with van der Waals surface area (Å²) in [7, 11) is 1.93. The summed E-state index contributed by atoms with van der Waals surface area (Å²) in [6.45, 7) is 2.36. The number of aryl methyl sites for hydroxylation is 2. The first-order valence-electron chi connectivity index (χ1n) is 7.36. The average Bonchev–Trinajstić information content (AvgIpc) is 2.92. The minimum atomic E-state index is -0.870. The minimum Gasteiger partial charge on any atom is -0.481 e. The molecule has 0 fully saturated rings. The van der Waals surface area contributed by atoms with Crippen molar-refractivity contribution >= 4 is 22.6 Å². The molecule has 0 saturated heterocycles. The second kappa shape index (κ2) is 6.08. The Balaban J connectivity index is 2.07. The van der Waals surface area contributed by atoms with Gasteiger partial charge in [-0.3, -0.25) is 9.78 Å². The van der Waals surface area contributed by atoms with E-state index in [0.29, 0.717) is 12.1 Å². The molecular weight excluding hydrogens is 292 g/mol. The number of aromatic nitrogens is 3. The molecule has 6 nitrogen and oxygen atoms in total. The second-order valence-corrected chi connectivity index (χ2v) is 5.45. The van der Waals surface area contributed by atoms with Gasteiger partial charge in [-0.05, 0) is 13.0 Å². The van der Waals surface area contributed by atoms with Crippen LogP contribution < -0.4 is 5.32 Å². The number of nitrogens with one attached hydrogen (secondary N) is 1. The number of nitrogens with zero attached hydrogens (tertiary/aromatic N) is 3. The number of imidazole rings is 1. The first kappa shape index (κ1) is 15.0. The average molecular weight is 310 g/mol. The monoisotopic (exact) mass is 310 g/mol. The lowest BCUT2D eigenvalue weighted by atomic mass is 10.0. The van der Waals surface area contributed by atoms with Crippen LogP contribution in [0.3, 0.4) is 0 Å². The zero-order valence-electron chi connectivity index (χ0n) is 13.1. The van der Waals surface area contributed by atoms with Crippen LogP contribution in [0.4, 0.5) is 5.69 Å². The number of carboxylic acids is 1. The fourth-order valence-electron chi connectivity index (χ4n) is 2.68. The van der Waals surface area contributed by atoms with Gasteiger partial charge in [0.1, 0.15) is 5.82 Å². The third-order valence-corrected chi connectivity index (χ3v) is 3.87. The maximum Gasteiger partial charge on any atom is 0.307 e. The van der Waals surface area contributed by atoms with E-state index in [1.165, 1.54) is 0 Å². The molecule has 2 aromatic heterocycles. The van der Waals surface area contributed by atoms with Crippen LogP contribution in [-0.4, -0.2) is 25.6 Å². The number of anilines is 1. The summed E-state index contributed by atoms with van der Waals surface area (Å²) in [4.78, 5) is 20.0. The van der Waals surface area contributed by atoms with Gasteiger partial charge >= 0.3 is 5.97 Å². The Hall–Kier alpha value is -2.89. The van der Waals surface area contributed by atoms with Crippen LogP contribution in [0.1, 0.15) is 17.1 Å². The smallest absolute Gasteiger partial charge is 0.307 e. The van der Waals surface area contributed by atoms with E-state index in [4.69, 9.17) is 0 Å². The van der Waals surface area contributed by atoms with E-state index in [1.54, 1.807) is 6.20 Å². The number of benzene rings is 1. The topological polar surface area (TPSA) is 80.0 Å². The third kappa shape index (κ3) is 3.01. The molecule has 23 heavy (non-hydrogen) atoms. The molecule has 0 radical (unpaired) electrons. The highest BCUT2D eigenvalue weighted by Crippen LogP contribution is 2.29. The summed E-state index contributed by atoms with van der Waals surface area (Å²) >= 11 is 0. The van der Waals surface area contributed by atoms with Gasteiger partial charge in [-0.15, -0.1) is 0 Å². The number of pyridine rings is 1. The predicted molar refractivity (Wildman–Crippen MR) is 88.4 cm³/mol. The molecule has 6 heteroatoms. The standard InChI is InChI=1S/C17H18N4O2/c1-11-13(9-16(22)23)17(12-5-3-4-6-14(12)20-11)19-10-15-18-7-8-21(15)2/h3-8H,9-10H2,1-2H3,(H,19,20)(H,22,23). The molecular formula is C17H18N4O2. The molecule has 0 aliphatic rings. The zero-order valence-corrected chi connectivity index (χ0v) is 13.1. The molecule has 0 unspecified atom stereocenters. The number of fused-ring (bicyclic) bond motifs is 1. The van der Waals surface area contributed by atoms with Crippen LogP contribution in [0.5, 0.6) is 0 Å². The predicted octanol–water partition coefficient (Wildman–Crippen LogP) is 2.52. The number of rotatable bonds is 5. The van der Waals surface area contributed by atoms with Gasteiger partial charge in [0.15, 0.2) is 0 Å². The van der Waals surface area contributed by atoms with Crippen LogP contribution in [-0.2, 0) is 24.8 Å². The Kier molecular flexibility index (Phi) is 3.97. The molecule has 3 rings (SSSR count). The van der Waals surface area contributed by atoms with Gasteiger partial charge in [0.25, 0.3) is 0 Å². The zero-order chi connectivity index (χ0) is 16.4. The van der Waals surface area contributed by atoms with Gasteiger partial charge in [-0.25, -0.2) is 4.98 Å². The fourth-order valence-corrected chi connectivity index (χ4v) is 2.68. The summed E-state index contributed by atoms with van der Waals surface area (Å²) in [6, 6.07) is 7.73. The maximum atomic E-state index is 11.2. The number of carbonyl (C=O) groups is 1. The molecule has 0 bridgehead atoms. The molecule has 0 saturated carbocycles. The molecule has 3 aromatic rings. The summed E-state index contributed by atoms with van der Waals surface area (Å²) in [5.41, 5.74) is 3.11. The summed E-state index contributed by atoms with van der Waals surface area (Å²) in [6.07, 6.45) is 3.56. The highest BCUT2D eigenvalue weighted by atomic mass is 16.4. The Morgan fingerprint density at radius 2 is 2.13 bits per heavy atom. The second-order valence-electron chi connectivity index (χ2n) is 5.45. The lowest BCUT2D eigenvalue weighted by molar-refractivity contribution is -0.136. The maximum absolute atomic E-state index is 11.2. The Morgan fingerprint density at radius 3 is 2.83 bits per heavy atom. The van der Waals surface area contributed by atoms with Gasteiger partial charge in [0.2, 0.25) is 0 Å². The van der Waals surface area contributed by atoms with Gasteiger partial charge in [-0.1, -0.05) is 18.2 Å². The molecule has 0 atom stereocenters. The van der Waals surface area contributed by atoms with Crippen LogP contribution in [0.25, 0.3) is 10.9 Å². The summed E-state index contributed by atoms with van der Waals surface area (Å²) in [5, 5.41) is 13.5.